The molecular weight excluding hydrogens is 660 g/mol. The van der Waals surface area contributed by atoms with E-state index >= 15 is 0 Å². The number of ether oxygens (including phenoxy) is 6. The largest absolute Gasteiger partial charge is 0.394 e. The number of aliphatic hydroxyl groups is 6. The Hall–Kier alpha value is -0.480. The minimum Gasteiger partial charge on any atom is -0.394 e. The second kappa shape index (κ2) is 15.9. The quantitative estimate of drug-likeness (QED) is 0.174. The van der Waals surface area contributed by atoms with Gasteiger partial charge >= 0.3 is 0 Å². The molecule has 296 valence electrons. The third kappa shape index (κ3) is 7.33. The topological polar surface area (TPSA) is 177 Å². The molecule has 4 aliphatic carbocycles. The Morgan fingerprint density at radius 3 is 2.18 bits per heavy atom. The first-order valence-corrected chi connectivity index (χ1v) is 19.8. The number of methoxy groups -OCH3 is 2. The maximum atomic E-state index is 11.8. The zero-order valence-electron chi connectivity index (χ0n) is 31.9. The summed E-state index contributed by atoms with van der Waals surface area (Å²) < 4.78 is 35.5. The highest BCUT2D eigenvalue weighted by molar-refractivity contribution is 5.13. The molecule has 20 atom stereocenters. The van der Waals surface area contributed by atoms with E-state index in [-0.39, 0.29) is 53.3 Å². The van der Waals surface area contributed by atoms with Crippen LogP contribution in [0.5, 0.6) is 0 Å². The fraction of sp³-hybridized carbons (Fsp3) is 1.00. The minimum atomic E-state index is -1.19. The molecule has 6 fully saturated rings. The van der Waals surface area contributed by atoms with Crippen LogP contribution in [-0.4, -0.2) is 132 Å². The summed E-state index contributed by atoms with van der Waals surface area (Å²) in [5, 5.41) is 65.5. The minimum absolute atomic E-state index is 0.000367. The summed E-state index contributed by atoms with van der Waals surface area (Å²) in [7, 11) is 2.93. The van der Waals surface area contributed by atoms with Gasteiger partial charge in [0.25, 0.3) is 0 Å². The third-order valence-electron chi connectivity index (χ3n) is 15.1. The first kappa shape index (κ1) is 40.2. The highest BCUT2D eigenvalue weighted by Gasteiger charge is 2.64. The fourth-order valence-corrected chi connectivity index (χ4v) is 12.2. The van der Waals surface area contributed by atoms with Gasteiger partial charge in [-0.2, -0.15) is 0 Å². The second-order valence-electron chi connectivity index (χ2n) is 18.1. The van der Waals surface area contributed by atoms with Crippen LogP contribution in [0.15, 0.2) is 0 Å². The Bertz CT molecular complexity index is 1140. The van der Waals surface area contributed by atoms with Gasteiger partial charge in [0.15, 0.2) is 12.6 Å². The zero-order valence-corrected chi connectivity index (χ0v) is 31.9. The van der Waals surface area contributed by atoms with Crippen molar-refractivity contribution in [3.63, 3.8) is 0 Å². The van der Waals surface area contributed by atoms with E-state index in [2.05, 4.69) is 34.6 Å². The van der Waals surface area contributed by atoms with Crippen LogP contribution in [-0.2, 0) is 28.4 Å². The van der Waals surface area contributed by atoms with Crippen molar-refractivity contribution in [1.29, 1.82) is 0 Å². The summed E-state index contributed by atoms with van der Waals surface area (Å²) in [5.74, 6) is 1.79. The van der Waals surface area contributed by atoms with Crippen LogP contribution >= 0.6 is 0 Å². The van der Waals surface area contributed by atoms with Crippen molar-refractivity contribution in [2.45, 2.75) is 166 Å². The molecular formula is C39H68O12. The molecule has 6 rings (SSSR count). The molecule has 2 aliphatic heterocycles. The molecule has 0 bridgehead atoms. The van der Waals surface area contributed by atoms with E-state index in [1.165, 1.54) is 14.2 Å². The predicted molar refractivity (Wildman–Crippen MR) is 186 cm³/mol. The number of hydrogen-bond donors (Lipinski definition) is 6. The second-order valence-corrected chi connectivity index (χ2v) is 18.1. The molecule has 4 saturated carbocycles. The molecule has 0 aromatic rings. The molecule has 2 saturated heterocycles. The lowest BCUT2D eigenvalue weighted by atomic mass is 9.43. The summed E-state index contributed by atoms with van der Waals surface area (Å²) in [6.45, 7) is 10.9. The van der Waals surface area contributed by atoms with E-state index < -0.39 is 68.0 Å². The lowest BCUT2D eigenvalue weighted by molar-refractivity contribution is -0.313. The monoisotopic (exact) mass is 728 g/mol. The van der Waals surface area contributed by atoms with Gasteiger partial charge in [-0.15, -0.1) is 0 Å². The van der Waals surface area contributed by atoms with Gasteiger partial charge in [0.1, 0.15) is 36.6 Å². The molecule has 0 amide bonds. The van der Waals surface area contributed by atoms with Crippen LogP contribution in [0, 0.1) is 52.3 Å². The first-order chi connectivity index (χ1) is 24.2. The van der Waals surface area contributed by atoms with Gasteiger partial charge in [-0.1, -0.05) is 34.6 Å². The van der Waals surface area contributed by atoms with Crippen molar-refractivity contribution < 1.29 is 59.1 Å². The number of hydrogen-bond acceptors (Lipinski definition) is 12. The summed E-state index contributed by atoms with van der Waals surface area (Å²) >= 11 is 0. The molecule has 6 N–H and O–H groups in total. The van der Waals surface area contributed by atoms with Crippen molar-refractivity contribution in [3.05, 3.63) is 0 Å². The highest BCUT2D eigenvalue weighted by atomic mass is 16.8. The Morgan fingerprint density at radius 1 is 0.784 bits per heavy atom. The summed E-state index contributed by atoms with van der Waals surface area (Å²) in [5.41, 5.74) is -0.0259. The smallest absolute Gasteiger partial charge is 0.187 e. The maximum Gasteiger partial charge on any atom is 0.187 e. The lowest BCUT2D eigenvalue weighted by Gasteiger charge is -2.62. The lowest BCUT2D eigenvalue weighted by Crippen LogP contribution is -2.59. The van der Waals surface area contributed by atoms with E-state index in [0.717, 1.165) is 44.9 Å². The zero-order chi connectivity index (χ0) is 37.0. The van der Waals surface area contributed by atoms with E-state index in [1.54, 1.807) is 0 Å². The van der Waals surface area contributed by atoms with Crippen LogP contribution in [0.4, 0.5) is 0 Å². The maximum absolute atomic E-state index is 11.8. The highest BCUT2D eigenvalue weighted by Crippen LogP contribution is 2.68. The van der Waals surface area contributed by atoms with Gasteiger partial charge in [0.2, 0.25) is 0 Å². The molecule has 12 nitrogen and oxygen atoms in total. The Labute approximate surface area is 304 Å². The van der Waals surface area contributed by atoms with Crippen molar-refractivity contribution in [1.82, 2.24) is 0 Å². The summed E-state index contributed by atoms with van der Waals surface area (Å²) in [4.78, 5) is 0. The molecule has 1 unspecified atom stereocenters. The average Bonchev–Trinajstić information content (AvgIpc) is 3.54. The Kier molecular flexibility index (Phi) is 12.6. The number of fused-ring (bicyclic) bond motifs is 5. The van der Waals surface area contributed by atoms with Crippen LogP contribution < -0.4 is 0 Å². The third-order valence-corrected chi connectivity index (χ3v) is 15.1. The van der Waals surface area contributed by atoms with Gasteiger partial charge in [-0.3, -0.25) is 0 Å². The van der Waals surface area contributed by atoms with Gasteiger partial charge < -0.3 is 59.1 Å². The van der Waals surface area contributed by atoms with Crippen molar-refractivity contribution >= 4 is 0 Å². The van der Waals surface area contributed by atoms with Crippen LogP contribution in [0.25, 0.3) is 0 Å². The van der Waals surface area contributed by atoms with Crippen LogP contribution in [0.1, 0.15) is 92.4 Å². The van der Waals surface area contributed by atoms with Gasteiger partial charge in [0, 0.05) is 14.2 Å². The van der Waals surface area contributed by atoms with Gasteiger partial charge in [0.05, 0.1) is 37.6 Å². The van der Waals surface area contributed by atoms with Crippen molar-refractivity contribution in [2.24, 2.45) is 52.3 Å². The molecule has 0 spiro atoms. The SMILES string of the molecule is CO[C@H]1[C@H](O[C@H]2[C@H](O[C@@H](CC[C@@H](C)[C@H]3C[C@@H](O)[C@H]4[C@@H]5C[C@H](O)C6C[C@@H](O)CC[C@]6(C)[C@H]5CC[C@@]43C)C(C)C)O[C@H](CO)[C@@H]2O)OC[C@@H](OC)[C@@H]1O. The van der Waals surface area contributed by atoms with Gasteiger partial charge in [-0.05, 0) is 110 Å². The molecule has 51 heavy (non-hydrogen) atoms. The van der Waals surface area contributed by atoms with E-state index in [4.69, 9.17) is 28.4 Å². The number of aliphatic hydroxyl groups excluding tert-OH is 6. The standard InChI is InChI=1S/C39H68O12/c1-19(2)28(49-37-35(32(44)29(17-40)50-37)51-36-34(47-7)33(45)30(46-6)18-48-36)9-8-20(3)24-16-27(43)31-22-15-26(42)25-14-21(41)10-12-38(25,4)23(22)11-13-39(24,31)5/h19-37,40-45H,8-18H2,1-7H3/t20-,21+,22-,23+,24-,25?,26+,27-,28+,29-,30-,31-,32+,33+,34-,35-,36+,37-,38-,39-/m1/s1. The normalized spacial score (nSPS) is 51.2. The Balaban J connectivity index is 1.11. The van der Waals surface area contributed by atoms with Crippen molar-refractivity contribution in [2.75, 3.05) is 27.4 Å². The molecule has 12 heteroatoms. The molecule has 6 aliphatic rings. The molecule has 2 heterocycles. The van der Waals surface area contributed by atoms with Crippen molar-refractivity contribution in [3.8, 4) is 0 Å². The summed E-state index contributed by atoms with van der Waals surface area (Å²) in [6.07, 6.45) is -1.26. The Morgan fingerprint density at radius 2 is 1.51 bits per heavy atom. The van der Waals surface area contributed by atoms with E-state index in [9.17, 15) is 30.6 Å². The van der Waals surface area contributed by atoms with E-state index in [0.29, 0.717) is 30.6 Å². The van der Waals surface area contributed by atoms with Gasteiger partial charge in [-0.25, -0.2) is 0 Å². The van der Waals surface area contributed by atoms with E-state index in [1.807, 2.05) is 0 Å². The average molecular weight is 729 g/mol. The predicted octanol–water partition coefficient (Wildman–Crippen LogP) is 2.62. The fourth-order valence-electron chi connectivity index (χ4n) is 12.2. The molecule has 0 aromatic carbocycles. The molecule has 0 aromatic heterocycles. The first-order valence-electron chi connectivity index (χ1n) is 19.8. The molecule has 0 radical (unpaired) electrons. The summed E-state index contributed by atoms with van der Waals surface area (Å²) in [6, 6.07) is 0. The number of rotatable bonds is 12. The van der Waals surface area contributed by atoms with Crippen LogP contribution in [0.3, 0.4) is 0 Å². The van der Waals surface area contributed by atoms with Crippen LogP contribution in [0.2, 0.25) is 0 Å².